The average molecular weight is 315 g/mol. The van der Waals surface area contributed by atoms with Gasteiger partial charge in [0.1, 0.15) is 0 Å². The molecule has 0 atom stereocenters. The number of rotatable bonds is 6. The Morgan fingerprint density at radius 3 is 1.50 bits per heavy atom. The summed E-state index contributed by atoms with van der Waals surface area (Å²) >= 11 is 0. The van der Waals surface area contributed by atoms with Crippen LogP contribution in [0.15, 0.2) is 24.3 Å². The van der Waals surface area contributed by atoms with Gasteiger partial charge in [0.15, 0.2) is 0 Å². The molecular weight excluding hydrogens is 276 g/mol. The Labute approximate surface area is 138 Å². The van der Waals surface area contributed by atoms with Crippen molar-refractivity contribution in [2.45, 2.75) is 34.1 Å². The van der Waals surface area contributed by atoms with E-state index in [1.807, 2.05) is 13.8 Å². The summed E-state index contributed by atoms with van der Waals surface area (Å²) in [5.74, 6) is 0. The molecule has 22 heavy (non-hydrogen) atoms. The number of ether oxygens (including phenoxy) is 2. The van der Waals surface area contributed by atoms with Gasteiger partial charge in [0.05, 0.1) is 19.9 Å². The van der Waals surface area contributed by atoms with Crippen LogP contribution in [0.2, 0.25) is 0 Å². The van der Waals surface area contributed by atoms with E-state index in [1.54, 1.807) is 14.2 Å². The smallest absolute Gasteiger partial charge is 0.0590 e. The van der Waals surface area contributed by atoms with E-state index >= 15 is 0 Å². The lowest BCUT2D eigenvalue weighted by Crippen LogP contribution is -2.41. The lowest BCUT2D eigenvalue weighted by atomic mass is 10.4. The van der Waals surface area contributed by atoms with Gasteiger partial charge in [0.2, 0.25) is 0 Å². The average Bonchev–Trinajstić information content (AvgIpc) is 2.65. The fourth-order valence-electron chi connectivity index (χ4n) is 1.74. The molecule has 0 saturated carbocycles. The van der Waals surface area contributed by atoms with Gasteiger partial charge < -0.3 is 9.47 Å². The fraction of sp³-hybridized carbons (Fsp3) is 0.778. The summed E-state index contributed by atoms with van der Waals surface area (Å²) in [5, 5.41) is 0. The molecule has 4 heteroatoms. The highest BCUT2D eigenvalue weighted by atomic mass is 16.5. The van der Waals surface area contributed by atoms with Crippen LogP contribution in [0.4, 0.5) is 0 Å². The highest BCUT2D eigenvalue weighted by Gasteiger charge is 2.09. The molecule has 1 aliphatic rings. The molecule has 0 aliphatic carbocycles. The van der Waals surface area contributed by atoms with Gasteiger partial charge in [-0.15, -0.1) is 0 Å². The van der Waals surface area contributed by atoms with Crippen molar-refractivity contribution in [1.29, 1.82) is 0 Å². The van der Waals surface area contributed by atoms with Crippen LogP contribution in [0, 0.1) is 0 Å². The summed E-state index contributed by atoms with van der Waals surface area (Å²) < 4.78 is 10.3. The minimum atomic E-state index is 0.777. The van der Waals surface area contributed by atoms with Gasteiger partial charge in [-0.25, -0.2) is 0 Å². The molecule has 0 unspecified atom stereocenters. The number of methoxy groups -OCH3 is 2. The second-order valence-corrected chi connectivity index (χ2v) is 4.84. The summed E-state index contributed by atoms with van der Waals surface area (Å²) in [4.78, 5) is 4.76. The van der Waals surface area contributed by atoms with E-state index in [1.165, 1.54) is 6.42 Å². The van der Waals surface area contributed by atoms with Crippen molar-refractivity contribution in [3.05, 3.63) is 24.3 Å². The van der Waals surface area contributed by atoms with Crippen molar-refractivity contribution in [2.24, 2.45) is 0 Å². The molecule has 0 radical (unpaired) electrons. The molecule has 4 nitrogen and oxygen atoms in total. The molecule has 0 aromatic carbocycles. The molecule has 132 valence electrons. The largest absolute Gasteiger partial charge is 0.383 e. The molecule has 1 rings (SSSR count). The van der Waals surface area contributed by atoms with Crippen LogP contribution in [0.5, 0.6) is 0 Å². The van der Waals surface area contributed by atoms with E-state index < -0.39 is 0 Å². The Morgan fingerprint density at radius 1 is 0.818 bits per heavy atom. The van der Waals surface area contributed by atoms with Crippen LogP contribution < -0.4 is 0 Å². The van der Waals surface area contributed by atoms with E-state index in [0.29, 0.717) is 0 Å². The molecule has 0 N–H and O–H groups in total. The lowest BCUT2D eigenvalue weighted by molar-refractivity contribution is 0.0875. The Morgan fingerprint density at radius 2 is 1.18 bits per heavy atom. The van der Waals surface area contributed by atoms with Gasteiger partial charge in [0, 0.05) is 40.4 Å². The molecule has 0 saturated heterocycles. The summed E-state index contributed by atoms with van der Waals surface area (Å²) in [6.07, 6.45) is 9.84. The van der Waals surface area contributed by atoms with E-state index in [2.05, 4.69) is 48.0 Å². The summed E-state index contributed by atoms with van der Waals surface area (Å²) in [7, 11) is 3.49. The van der Waals surface area contributed by atoms with E-state index in [9.17, 15) is 0 Å². The fourth-order valence-corrected chi connectivity index (χ4v) is 1.74. The zero-order valence-electron chi connectivity index (χ0n) is 15.7. The van der Waals surface area contributed by atoms with Crippen molar-refractivity contribution in [2.75, 3.05) is 60.3 Å². The highest BCUT2D eigenvalue weighted by Crippen LogP contribution is 1.99. The predicted octanol–water partition coefficient (Wildman–Crippen LogP) is 3.41. The van der Waals surface area contributed by atoms with Crippen LogP contribution in [0.3, 0.4) is 0 Å². The summed E-state index contributed by atoms with van der Waals surface area (Å²) in [6, 6.07) is 0. The molecule has 0 fully saturated rings. The molecule has 0 aromatic heterocycles. The van der Waals surface area contributed by atoms with Gasteiger partial charge >= 0.3 is 0 Å². The predicted molar refractivity (Wildman–Crippen MR) is 97.4 cm³/mol. The number of hydrogen-bond acceptors (Lipinski definition) is 4. The summed E-state index contributed by atoms with van der Waals surface area (Å²) in [5.41, 5.74) is 0. The Kier molecular flexibility index (Phi) is 21.8. The zero-order chi connectivity index (χ0) is 17.1. The van der Waals surface area contributed by atoms with E-state index in [0.717, 1.165) is 46.1 Å². The van der Waals surface area contributed by atoms with Crippen LogP contribution in [0.1, 0.15) is 34.1 Å². The van der Waals surface area contributed by atoms with Crippen molar-refractivity contribution in [3.8, 4) is 0 Å². The molecular formula is C18H38N2O2. The quantitative estimate of drug-likeness (QED) is 0.750. The molecule has 0 spiro atoms. The second kappa shape index (κ2) is 20.3. The molecule has 0 aromatic rings. The maximum Gasteiger partial charge on any atom is 0.0590 e. The third kappa shape index (κ3) is 15.7. The van der Waals surface area contributed by atoms with E-state index in [4.69, 9.17) is 9.47 Å². The minimum Gasteiger partial charge on any atom is -0.383 e. The zero-order valence-corrected chi connectivity index (χ0v) is 15.7. The Balaban J connectivity index is 0. The maximum atomic E-state index is 5.14. The highest BCUT2D eigenvalue weighted by molar-refractivity contribution is 5.05. The molecule has 0 bridgehead atoms. The van der Waals surface area contributed by atoms with Gasteiger partial charge in [-0.05, 0) is 0 Å². The summed E-state index contributed by atoms with van der Waals surface area (Å²) in [6.45, 7) is 14.6. The number of hydrogen-bond donors (Lipinski definition) is 0. The van der Waals surface area contributed by atoms with Crippen LogP contribution in [0.25, 0.3) is 0 Å². The standard InChI is InChI=1S/C13H24N2O2.C3H8.C2H6/c1-16-11-9-14-7-5-3-4-6-8-15(13-14)10-12-17-2;1-3-2;1-2/h3-6H,7-13H2,1-2H3;3H2,1-2H3;1-2H3/b5-3-,6-4-;;. The SMILES string of the molecule is CC.CCC.COCCN1C/C=C\C=C/CN(CCOC)C1. The van der Waals surface area contributed by atoms with Crippen LogP contribution in [-0.2, 0) is 9.47 Å². The third-order valence-electron chi connectivity index (χ3n) is 2.73. The van der Waals surface area contributed by atoms with Crippen molar-refractivity contribution in [1.82, 2.24) is 9.80 Å². The van der Waals surface area contributed by atoms with Crippen LogP contribution >= 0.6 is 0 Å². The monoisotopic (exact) mass is 314 g/mol. The third-order valence-corrected chi connectivity index (χ3v) is 2.73. The van der Waals surface area contributed by atoms with Gasteiger partial charge in [0.25, 0.3) is 0 Å². The lowest BCUT2D eigenvalue weighted by Gasteiger charge is -2.28. The van der Waals surface area contributed by atoms with Gasteiger partial charge in [-0.3, -0.25) is 9.80 Å². The molecule has 0 amide bonds. The normalized spacial score (nSPS) is 18.6. The van der Waals surface area contributed by atoms with Crippen LogP contribution in [-0.4, -0.2) is 70.1 Å². The second-order valence-electron chi connectivity index (χ2n) is 4.84. The first-order valence-corrected chi connectivity index (χ1v) is 8.52. The molecule has 1 heterocycles. The van der Waals surface area contributed by atoms with Gasteiger partial charge in [-0.2, -0.15) is 0 Å². The first kappa shape index (κ1) is 23.6. The Hall–Kier alpha value is -0.680. The van der Waals surface area contributed by atoms with Crippen molar-refractivity contribution >= 4 is 0 Å². The topological polar surface area (TPSA) is 24.9 Å². The van der Waals surface area contributed by atoms with Crippen molar-refractivity contribution in [3.63, 3.8) is 0 Å². The van der Waals surface area contributed by atoms with E-state index in [-0.39, 0.29) is 0 Å². The first-order valence-electron chi connectivity index (χ1n) is 8.52. The first-order chi connectivity index (χ1) is 10.8. The van der Waals surface area contributed by atoms with Crippen molar-refractivity contribution < 1.29 is 9.47 Å². The van der Waals surface area contributed by atoms with Gasteiger partial charge in [-0.1, -0.05) is 58.4 Å². The number of allylic oxidation sites excluding steroid dienone is 2. The minimum absolute atomic E-state index is 0.777. The maximum absolute atomic E-state index is 5.14. The number of nitrogens with zero attached hydrogens (tertiary/aromatic N) is 2. The Bertz CT molecular complexity index is 231. The molecule has 1 aliphatic heterocycles.